The minimum absolute atomic E-state index is 0.359. The van der Waals surface area contributed by atoms with Gasteiger partial charge in [0.2, 0.25) is 0 Å². The summed E-state index contributed by atoms with van der Waals surface area (Å²) < 4.78 is 11.8. The molecule has 0 spiro atoms. The maximum Gasteiger partial charge on any atom is 0.506 e. The van der Waals surface area contributed by atoms with E-state index in [0.29, 0.717) is 4.93 Å². The molecule has 2 rings (SSSR count). The summed E-state index contributed by atoms with van der Waals surface area (Å²) in [5.74, 6) is 0. The van der Waals surface area contributed by atoms with Gasteiger partial charge in [0.25, 0.3) is 0 Å². The lowest BCUT2D eigenvalue weighted by atomic mass is 9.88. The fourth-order valence-electron chi connectivity index (χ4n) is 1.73. The van der Waals surface area contributed by atoms with E-state index in [2.05, 4.69) is 0 Å². The van der Waals surface area contributed by atoms with Crippen LogP contribution in [0.3, 0.4) is 0 Å². The highest BCUT2D eigenvalue weighted by Gasteiger charge is 2.52. The van der Waals surface area contributed by atoms with Gasteiger partial charge in [-0.25, -0.2) is 0 Å². The second-order valence-corrected chi connectivity index (χ2v) is 5.96. The molecule has 0 aliphatic carbocycles. The Kier molecular flexibility index (Phi) is 3.59. The van der Waals surface area contributed by atoms with Gasteiger partial charge in [-0.2, -0.15) is 0 Å². The molecule has 1 aromatic rings. The molecule has 0 aromatic heterocycles. The smallest absolute Gasteiger partial charge is 0.399 e. The van der Waals surface area contributed by atoms with Crippen LogP contribution in [-0.4, -0.2) is 18.3 Å². The highest BCUT2D eigenvalue weighted by molar-refractivity contribution is 6.71. The molecule has 1 aromatic carbocycles. The normalized spacial score (nSPS) is 22.3. The number of halogens is 1. The average molecular weight is 265 g/mol. The van der Waals surface area contributed by atoms with E-state index >= 15 is 0 Å². The molecule has 0 unspecified atom stereocenters. The summed E-state index contributed by atoms with van der Waals surface area (Å²) >= 11 is 6.29. The lowest BCUT2D eigenvalue weighted by molar-refractivity contribution is 0.00578. The van der Waals surface area contributed by atoms with Gasteiger partial charge in [-0.05, 0) is 39.3 Å². The number of hydrogen-bond acceptors (Lipinski definition) is 2. The van der Waals surface area contributed by atoms with Gasteiger partial charge < -0.3 is 9.31 Å². The van der Waals surface area contributed by atoms with Crippen LogP contribution in [0, 0.1) is 0 Å². The predicted octanol–water partition coefficient (Wildman–Crippen LogP) is 3.90. The first-order chi connectivity index (χ1) is 8.32. The Balaban J connectivity index is 2.18. The minimum atomic E-state index is -0.489. The third-order valence-electron chi connectivity index (χ3n) is 3.58. The summed E-state index contributed by atoms with van der Waals surface area (Å²) in [6.45, 7) is 8.05. The van der Waals surface area contributed by atoms with Crippen molar-refractivity contribution < 1.29 is 9.31 Å². The van der Waals surface area contributed by atoms with E-state index in [0.717, 1.165) is 5.56 Å². The Morgan fingerprint density at radius 3 is 2.06 bits per heavy atom. The maximum absolute atomic E-state index is 6.29. The van der Waals surface area contributed by atoms with Crippen LogP contribution < -0.4 is 0 Å². The molecule has 0 saturated carbocycles. The number of rotatable bonds is 2. The summed E-state index contributed by atoms with van der Waals surface area (Å²) in [6, 6.07) is 9.90. The van der Waals surface area contributed by atoms with E-state index < -0.39 is 7.12 Å². The van der Waals surface area contributed by atoms with E-state index in [1.165, 1.54) is 0 Å². The van der Waals surface area contributed by atoms with Gasteiger partial charge >= 0.3 is 7.12 Å². The van der Waals surface area contributed by atoms with E-state index in [1.807, 2.05) is 64.1 Å². The lowest BCUT2D eigenvalue weighted by Gasteiger charge is -2.32. The minimum Gasteiger partial charge on any atom is -0.399 e. The molecule has 0 atom stereocenters. The zero-order chi connectivity index (χ0) is 13.4. The van der Waals surface area contributed by atoms with Gasteiger partial charge in [-0.1, -0.05) is 41.9 Å². The van der Waals surface area contributed by atoms with Crippen LogP contribution in [0.2, 0.25) is 0 Å². The number of hydrogen-bond donors (Lipinski definition) is 0. The van der Waals surface area contributed by atoms with Crippen LogP contribution in [0.4, 0.5) is 0 Å². The molecular weight excluding hydrogens is 246 g/mol. The fourth-order valence-corrected chi connectivity index (χ4v) is 1.95. The van der Waals surface area contributed by atoms with Crippen molar-refractivity contribution in [3.63, 3.8) is 0 Å². The third-order valence-corrected chi connectivity index (χ3v) is 3.87. The summed E-state index contributed by atoms with van der Waals surface area (Å²) in [5, 5.41) is 0. The van der Waals surface area contributed by atoms with Gasteiger partial charge in [0.05, 0.1) is 11.2 Å². The average Bonchev–Trinajstić information content (AvgIpc) is 2.50. The van der Waals surface area contributed by atoms with E-state index in [1.54, 1.807) is 0 Å². The molecule has 96 valence electrons. The highest BCUT2D eigenvalue weighted by Crippen LogP contribution is 2.39. The summed E-state index contributed by atoms with van der Waals surface area (Å²) in [7, 11) is -0.489. The van der Waals surface area contributed by atoms with Gasteiger partial charge in [-0.15, -0.1) is 0 Å². The molecule has 1 heterocycles. The summed E-state index contributed by atoms with van der Waals surface area (Å²) in [6.07, 6.45) is 1.88. The highest BCUT2D eigenvalue weighted by atomic mass is 35.5. The zero-order valence-electron chi connectivity index (χ0n) is 11.2. The van der Waals surface area contributed by atoms with Crippen molar-refractivity contribution >= 4 is 24.8 Å². The van der Waals surface area contributed by atoms with Crippen molar-refractivity contribution in [2.24, 2.45) is 0 Å². The van der Waals surface area contributed by atoms with Crippen LogP contribution in [0.1, 0.15) is 33.3 Å². The molecule has 1 aliphatic heterocycles. The van der Waals surface area contributed by atoms with Gasteiger partial charge in [0, 0.05) is 4.93 Å². The second-order valence-electron chi connectivity index (χ2n) is 5.53. The molecule has 1 aliphatic rings. The Bertz CT molecular complexity index is 438. The zero-order valence-corrected chi connectivity index (χ0v) is 12.0. The molecule has 0 bridgehead atoms. The molecule has 0 N–H and O–H groups in total. The van der Waals surface area contributed by atoms with Gasteiger partial charge in [0.1, 0.15) is 0 Å². The Morgan fingerprint density at radius 1 is 1.06 bits per heavy atom. The first-order valence-electron chi connectivity index (χ1n) is 6.10. The quantitative estimate of drug-likeness (QED) is 0.754. The standard InChI is InChI=1S/C14H18BClO2/c1-13(2)14(3,4)18-15(17-13)12(16)10-11-8-6-5-7-9-11/h5-10H,1-4H3. The molecule has 18 heavy (non-hydrogen) atoms. The van der Waals surface area contributed by atoms with Crippen molar-refractivity contribution in [1.29, 1.82) is 0 Å². The largest absolute Gasteiger partial charge is 0.506 e. The Hall–Kier alpha value is -0.765. The molecule has 1 saturated heterocycles. The van der Waals surface area contributed by atoms with Crippen LogP contribution in [0.25, 0.3) is 6.08 Å². The topological polar surface area (TPSA) is 18.5 Å². The molecule has 1 fully saturated rings. The maximum atomic E-state index is 6.29. The molecular formula is C14H18BClO2. The Labute approximate surface area is 114 Å². The molecule has 0 amide bonds. The first-order valence-corrected chi connectivity index (χ1v) is 6.47. The predicted molar refractivity (Wildman–Crippen MR) is 76.4 cm³/mol. The van der Waals surface area contributed by atoms with Crippen molar-refractivity contribution in [3.05, 3.63) is 40.8 Å². The molecule has 2 nitrogen and oxygen atoms in total. The van der Waals surface area contributed by atoms with Crippen molar-refractivity contribution in [3.8, 4) is 0 Å². The van der Waals surface area contributed by atoms with Crippen molar-refractivity contribution in [1.82, 2.24) is 0 Å². The lowest BCUT2D eigenvalue weighted by Crippen LogP contribution is -2.41. The van der Waals surface area contributed by atoms with E-state index in [4.69, 9.17) is 20.9 Å². The monoisotopic (exact) mass is 264 g/mol. The van der Waals surface area contributed by atoms with Gasteiger partial charge in [-0.3, -0.25) is 0 Å². The molecule has 0 radical (unpaired) electrons. The van der Waals surface area contributed by atoms with E-state index in [-0.39, 0.29) is 11.2 Å². The number of benzene rings is 1. The first kappa shape index (κ1) is 13.7. The Morgan fingerprint density at radius 2 is 1.56 bits per heavy atom. The van der Waals surface area contributed by atoms with Crippen molar-refractivity contribution in [2.45, 2.75) is 38.9 Å². The second kappa shape index (κ2) is 4.73. The summed E-state index contributed by atoms with van der Waals surface area (Å²) in [5.41, 5.74) is 0.321. The van der Waals surface area contributed by atoms with Crippen molar-refractivity contribution in [2.75, 3.05) is 0 Å². The fraction of sp³-hybridized carbons (Fsp3) is 0.429. The van der Waals surface area contributed by atoms with E-state index in [9.17, 15) is 0 Å². The van der Waals surface area contributed by atoms with Crippen LogP contribution in [0.5, 0.6) is 0 Å². The molecule has 4 heteroatoms. The SMILES string of the molecule is CC1(C)OB(C(Cl)=Cc2ccccc2)OC1(C)C. The van der Waals surface area contributed by atoms with Crippen LogP contribution in [-0.2, 0) is 9.31 Å². The summed E-state index contributed by atoms with van der Waals surface area (Å²) in [4.78, 5) is 0.569. The van der Waals surface area contributed by atoms with Crippen LogP contribution >= 0.6 is 11.6 Å². The van der Waals surface area contributed by atoms with Gasteiger partial charge in [0.15, 0.2) is 0 Å². The van der Waals surface area contributed by atoms with Crippen LogP contribution in [0.15, 0.2) is 35.3 Å². The third kappa shape index (κ3) is 2.63.